The van der Waals surface area contributed by atoms with Gasteiger partial charge in [0.15, 0.2) is 17.3 Å². The largest absolute Gasteiger partial charge is 0.492 e. The topological polar surface area (TPSA) is 73.9 Å². The number of methoxy groups -OCH3 is 2. The molecule has 0 fully saturated rings. The summed E-state index contributed by atoms with van der Waals surface area (Å²) in [4.78, 5) is 30.7. The third-order valence-electron chi connectivity index (χ3n) is 6.25. The lowest BCUT2D eigenvalue weighted by atomic mass is 9.84. The molecule has 7 heteroatoms. The van der Waals surface area contributed by atoms with Crippen LogP contribution in [0.2, 0.25) is 0 Å². The van der Waals surface area contributed by atoms with Gasteiger partial charge in [0.1, 0.15) is 5.82 Å². The van der Waals surface area contributed by atoms with E-state index in [1.807, 2.05) is 19.1 Å². The van der Waals surface area contributed by atoms with Crippen LogP contribution < -0.4 is 10.3 Å². The van der Waals surface area contributed by atoms with E-state index in [1.165, 1.54) is 26.4 Å². The number of Topliss-reactive ketones (excluding diaryl/α,β-unsaturated/α-hetero) is 1. The maximum absolute atomic E-state index is 14.3. The highest BCUT2D eigenvalue weighted by molar-refractivity contribution is 6.07. The van der Waals surface area contributed by atoms with Gasteiger partial charge < -0.3 is 14.3 Å². The normalized spacial score (nSPS) is 17.8. The summed E-state index contributed by atoms with van der Waals surface area (Å²) in [7, 11) is 2.85. The molecule has 0 radical (unpaired) electrons. The summed E-state index contributed by atoms with van der Waals surface area (Å²) in [5.74, 6) is -1.12. The summed E-state index contributed by atoms with van der Waals surface area (Å²) in [6.45, 7) is 3.71. The Hall–Kier alpha value is -4.13. The van der Waals surface area contributed by atoms with Crippen LogP contribution in [0.3, 0.4) is 0 Å². The number of fused-ring (bicyclic) bond motifs is 1. The molecule has 2 aromatic carbocycles. The van der Waals surface area contributed by atoms with Crippen LogP contribution in [-0.2, 0) is 19.1 Å². The second-order valence-corrected chi connectivity index (χ2v) is 8.37. The Morgan fingerprint density at radius 2 is 1.71 bits per heavy atom. The van der Waals surface area contributed by atoms with Gasteiger partial charge in [0.25, 0.3) is 11.7 Å². The molecule has 0 aliphatic heterocycles. The second kappa shape index (κ2) is 10.0. The van der Waals surface area contributed by atoms with Crippen LogP contribution in [0, 0.1) is 11.7 Å². The number of ketones is 1. The third-order valence-corrected chi connectivity index (χ3v) is 6.25. The standard InChI is InChI=1S/C28H26FNO5/c1-16-22(12-18-13-24(33-3)27(31)25(14-18)34-4)21-11-10-19(29)15-23(21)26(16)17(2)28(32)30-35-20-8-6-5-7-9-20/h5-15,17,26H,1-4H3,(H,30,32). The quantitative estimate of drug-likeness (QED) is 0.570. The van der Waals surface area contributed by atoms with Crippen LogP contribution in [0.1, 0.15) is 30.9 Å². The molecule has 2 atom stereocenters. The number of carbonyl (C=O) groups excluding carboxylic acids is 2. The van der Waals surface area contributed by atoms with Crippen molar-refractivity contribution in [2.24, 2.45) is 5.92 Å². The Kier molecular flexibility index (Phi) is 6.87. The molecule has 0 aromatic heterocycles. The minimum absolute atomic E-state index is 0.161. The van der Waals surface area contributed by atoms with Gasteiger partial charge in [-0.2, -0.15) is 5.48 Å². The van der Waals surface area contributed by atoms with E-state index in [4.69, 9.17) is 14.3 Å². The van der Waals surface area contributed by atoms with Crippen molar-refractivity contribution in [1.82, 2.24) is 5.48 Å². The lowest BCUT2D eigenvalue weighted by molar-refractivity contribution is -0.131. The van der Waals surface area contributed by atoms with Gasteiger partial charge >= 0.3 is 0 Å². The minimum atomic E-state index is -0.543. The Morgan fingerprint density at radius 1 is 1.06 bits per heavy atom. The summed E-state index contributed by atoms with van der Waals surface area (Å²) >= 11 is 0. The number of carbonyl (C=O) groups is 2. The predicted octanol–water partition coefficient (Wildman–Crippen LogP) is 5.01. The first kappa shape index (κ1) is 24.0. The molecule has 35 heavy (non-hydrogen) atoms. The van der Waals surface area contributed by atoms with Gasteiger partial charge in [-0.1, -0.05) is 36.8 Å². The zero-order chi connectivity index (χ0) is 25.1. The number of hydrogen-bond acceptors (Lipinski definition) is 5. The van der Waals surface area contributed by atoms with E-state index in [-0.39, 0.29) is 34.9 Å². The van der Waals surface area contributed by atoms with Crippen LogP contribution in [0.25, 0.3) is 5.57 Å². The highest BCUT2D eigenvalue weighted by Gasteiger charge is 2.36. The zero-order valence-electron chi connectivity index (χ0n) is 19.9. The zero-order valence-corrected chi connectivity index (χ0v) is 19.9. The molecule has 0 spiro atoms. The first-order valence-corrected chi connectivity index (χ1v) is 11.1. The number of ether oxygens (including phenoxy) is 2. The van der Waals surface area contributed by atoms with Crippen molar-refractivity contribution in [1.29, 1.82) is 0 Å². The first-order chi connectivity index (χ1) is 16.8. The maximum atomic E-state index is 14.3. The average molecular weight is 476 g/mol. The molecule has 0 bridgehead atoms. The summed E-state index contributed by atoms with van der Waals surface area (Å²) in [5, 5.41) is 0. The molecule has 0 saturated heterocycles. The molecular formula is C28H26FNO5. The molecule has 0 saturated carbocycles. The average Bonchev–Trinajstić information content (AvgIpc) is 3.13. The lowest BCUT2D eigenvalue weighted by Crippen LogP contribution is -2.34. The summed E-state index contributed by atoms with van der Waals surface area (Å²) in [6.07, 6.45) is 5.15. The summed E-state index contributed by atoms with van der Waals surface area (Å²) in [5.41, 5.74) is 6.48. The fourth-order valence-corrected chi connectivity index (χ4v) is 4.48. The van der Waals surface area contributed by atoms with Gasteiger partial charge in [0, 0.05) is 11.8 Å². The Balaban J connectivity index is 1.69. The van der Waals surface area contributed by atoms with Crippen LogP contribution >= 0.6 is 0 Å². The van der Waals surface area contributed by atoms with Crippen molar-refractivity contribution in [2.75, 3.05) is 14.2 Å². The van der Waals surface area contributed by atoms with Crippen molar-refractivity contribution in [3.63, 3.8) is 0 Å². The van der Waals surface area contributed by atoms with E-state index in [9.17, 15) is 14.0 Å². The third kappa shape index (κ3) is 4.75. The molecule has 2 aliphatic carbocycles. The molecule has 2 aliphatic rings. The van der Waals surface area contributed by atoms with E-state index in [0.29, 0.717) is 11.3 Å². The lowest BCUT2D eigenvalue weighted by Gasteiger charge is -2.22. The second-order valence-electron chi connectivity index (χ2n) is 8.37. The number of rotatable bonds is 7. The molecule has 1 amide bonds. The van der Waals surface area contributed by atoms with E-state index in [1.54, 1.807) is 49.4 Å². The molecule has 2 aromatic rings. The SMILES string of the molecule is COC1=CC(=CC2=C(C)C(C(C)C(=O)NOc3ccccc3)c3cc(F)ccc32)C=C(OC)C1=O. The smallest absolute Gasteiger partial charge is 0.261 e. The van der Waals surface area contributed by atoms with Crippen LogP contribution in [0.15, 0.2) is 89.4 Å². The van der Waals surface area contributed by atoms with Crippen LogP contribution in [0.4, 0.5) is 4.39 Å². The number of benzene rings is 2. The maximum Gasteiger partial charge on any atom is 0.261 e. The molecule has 180 valence electrons. The summed E-state index contributed by atoms with van der Waals surface area (Å²) in [6, 6.07) is 13.5. The van der Waals surface area contributed by atoms with Crippen LogP contribution in [-0.4, -0.2) is 25.9 Å². The van der Waals surface area contributed by atoms with Crippen LogP contribution in [0.5, 0.6) is 5.75 Å². The number of halogens is 1. The highest BCUT2D eigenvalue weighted by atomic mass is 19.1. The van der Waals surface area contributed by atoms with E-state index in [2.05, 4.69) is 5.48 Å². The molecule has 6 nitrogen and oxygen atoms in total. The summed E-state index contributed by atoms with van der Waals surface area (Å²) < 4.78 is 24.7. The van der Waals surface area contributed by atoms with Gasteiger partial charge in [-0.3, -0.25) is 9.59 Å². The Labute approximate surface area is 203 Å². The highest BCUT2D eigenvalue weighted by Crippen LogP contribution is 2.47. The Bertz CT molecular complexity index is 1260. The predicted molar refractivity (Wildman–Crippen MR) is 129 cm³/mol. The van der Waals surface area contributed by atoms with E-state index < -0.39 is 5.92 Å². The number of para-hydroxylation sites is 1. The van der Waals surface area contributed by atoms with Crippen molar-refractivity contribution in [3.8, 4) is 5.75 Å². The van der Waals surface area contributed by atoms with Gasteiger partial charge in [0.05, 0.1) is 14.2 Å². The number of nitrogens with one attached hydrogen (secondary N) is 1. The van der Waals surface area contributed by atoms with Gasteiger partial charge in [0.2, 0.25) is 0 Å². The van der Waals surface area contributed by atoms with Gasteiger partial charge in [-0.15, -0.1) is 0 Å². The Morgan fingerprint density at radius 3 is 2.34 bits per heavy atom. The molecule has 1 N–H and O–H groups in total. The monoisotopic (exact) mass is 475 g/mol. The van der Waals surface area contributed by atoms with Crippen molar-refractivity contribution >= 4 is 17.3 Å². The number of amides is 1. The number of allylic oxidation sites excluding steroid dienone is 6. The minimum Gasteiger partial charge on any atom is -0.492 e. The number of hydroxylamine groups is 1. The van der Waals surface area contributed by atoms with E-state index >= 15 is 0 Å². The molecule has 0 heterocycles. The molecular weight excluding hydrogens is 449 g/mol. The van der Waals surface area contributed by atoms with E-state index in [0.717, 1.165) is 22.3 Å². The van der Waals surface area contributed by atoms with Crippen molar-refractivity contribution in [3.05, 3.63) is 106 Å². The first-order valence-electron chi connectivity index (χ1n) is 11.1. The fraction of sp³-hybridized carbons (Fsp3) is 0.214. The van der Waals surface area contributed by atoms with Gasteiger partial charge in [-0.05, 0) is 71.7 Å². The molecule has 4 rings (SSSR count). The van der Waals surface area contributed by atoms with Crippen molar-refractivity contribution < 1.29 is 28.3 Å². The van der Waals surface area contributed by atoms with Crippen molar-refractivity contribution in [2.45, 2.75) is 19.8 Å². The van der Waals surface area contributed by atoms with Gasteiger partial charge in [-0.25, -0.2) is 4.39 Å². The fourth-order valence-electron chi connectivity index (χ4n) is 4.48. The number of hydrogen-bond donors (Lipinski definition) is 1. The molecule has 2 unspecified atom stereocenters.